The van der Waals surface area contributed by atoms with E-state index in [0.717, 1.165) is 12.0 Å². The van der Waals surface area contributed by atoms with Gasteiger partial charge in [0.2, 0.25) is 0 Å². The van der Waals surface area contributed by atoms with Gasteiger partial charge in [-0.3, -0.25) is 0 Å². The van der Waals surface area contributed by atoms with Crippen LogP contribution < -0.4 is 0 Å². The van der Waals surface area contributed by atoms with Crippen LogP contribution in [0.25, 0.3) is 0 Å². The number of imidazole rings is 1. The molecule has 1 fully saturated rings. The van der Waals surface area contributed by atoms with Gasteiger partial charge >= 0.3 is 0 Å². The molecular formula is C14H16FN3O2S. The Morgan fingerprint density at radius 3 is 2.62 bits per heavy atom. The SMILES string of the molecule is Cn1cnc(S(=O)(=O)N2CCC(c3ccc(F)cc3)C2)c1. The van der Waals surface area contributed by atoms with E-state index in [0.29, 0.717) is 13.1 Å². The lowest BCUT2D eigenvalue weighted by molar-refractivity contribution is 0.470. The van der Waals surface area contributed by atoms with Crippen LogP contribution in [0.4, 0.5) is 4.39 Å². The van der Waals surface area contributed by atoms with Crippen LogP contribution in [0.3, 0.4) is 0 Å². The van der Waals surface area contributed by atoms with Crippen molar-refractivity contribution >= 4 is 10.0 Å². The van der Waals surface area contributed by atoms with Crippen molar-refractivity contribution in [2.75, 3.05) is 13.1 Å². The number of hydrogen-bond acceptors (Lipinski definition) is 3. The molecule has 1 saturated heterocycles. The Hall–Kier alpha value is -1.73. The number of aromatic nitrogens is 2. The average molecular weight is 309 g/mol. The Kier molecular flexibility index (Phi) is 3.54. The van der Waals surface area contributed by atoms with Gasteiger partial charge in [-0.15, -0.1) is 0 Å². The Bertz CT molecular complexity index is 740. The van der Waals surface area contributed by atoms with Crippen LogP contribution in [0.1, 0.15) is 17.9 Å². The van der Waals surface area contributed by atoms with Gasteiger partial charge in [-0.25, -0.2) is 17.8 Å². The quantitative estimate of drug-likeness (QED) is 0.868. The maximum atomic E-state index is 12.9. The molecule has 0 N–H and O–H groups in total. The number of rotatable bonds is 3. The molecule has 0 saturated carbocycles. The lowest BCUT2D eigenvalue weighted by Crippen LogP contribution is -2.29. The summed E-state index contributed by atoms with van der Waals surface area (Å²) in [6, 6.07) is 6.25. The van der Waals surface area contributed by atoms with E-state index >= 15 is 0 Å². The monoisotopic (exact) mass is 309 g/mol. The Morgan fingerprint density at radius 2 is 2.00 bits per heavy atom. The van der Waals surface area contributed by atoms with E-state index in [1.165, 1.54) is 29.0 Å². The van der Waals surface area contributed by atoms with E-state index in [9.17, 15) is 12.8 Å². The second-order valence-corrected chi connectivity index (χ2v) is 7.16. The fraction of sp³-hybridized carbons (Fsp3) is 0.357. The molecule has 5 nitrogen and oxygen atoms in total. The van der Waals surface area contributed by atoms with E-state index in [1.807, 2.05) is 0 Å². The molecule has 0 aliphatic carbocycles. The molecule has 0 radical (unpaired) electrons. The average Bonchev–Trinajstić information content (AvgIpc) is 3.09. The van der Waals surface area contributed by atoms with Crippen molar-refractivity contribution in [3.8, 4) is 0 Å². The molecule has 0 spiro atoms. The zero-order valence-corrected chi connectivity index (χ0v) is 12.4. The molecule has 2 aromatic rings. The molecule has 7 heteroatoms. The summed E-state index contributed by atoms with van der Waals surface area (Å²) in [5.41, 5.74) is 0.968. The predicted octanol–water partition coefficient (Wildman–Crippen LogP) is 1.74. The second kappa shape index (κ2) is 5.23. The third kappa shape index (κ3) is 2.71. The summed E-state index contributed by atoms with van der Waals surface area (Å²) in [7, 11) is -1.81. The molecule has 112 valence electrons. The van der Waals surface area contributed by atoms with E-state index in [1.54, 1.807) is 23.7 Å². The van der Waals surface area contributed by atoms with Crippen molar-refractivity contribution in [3.05, 3.63) is 48.2 Å². The van der Waals surface area contributed by atoms with Crippen molar-refractivity contribution in [2.24, 2.45) is 7.05 Å². The maximum absolute atomic E-state index is 12.9. The Balaban J connectivity index is 1.79. The number of sulfonamides is 1. The molecule has 1 unspecified atom stereocenters. The molecular weight excluding hydrogens is 293 g/mol. The minimum Gasteiger partial charge on any atom is -0.339 e. The number of aryl methyl sites for hydroxylation is 1. The predicted molar refractivity (Wildman–Crippen MR) is 75.7 cm³/mol. The third-order valence-electron chi connectivity index (χ3n) is 3.78. The summed E-state index contributed by atoms with van der Waals surface area (Å²) in [4.78, 5) is 3.93. The Morgan fingerprint density at radius 1 is 1.29 bits per heavy atom. The second-order valence-electron chi connectivity index (χ2n) is 5.28. The zero-order chi connectivity index (χ0) is 15.0. The van der Waals surface area contributed by atoms with Crippen molar-refractivity contribution in [3.63, 3.8) is 0 Å². The highest BCUT2D eigenvalue weighted by Crippen LogP contribution is 2.30. The first-order valence-electron chi connectivity index (χ1n) is 6.70. The van der Waals surface area contributed by atoms with Crippen LogP contribution >= 0.6 is 0 Å². The summed E-state index contributed by atoms with van der Waals surface area (Å²) in [6.45, 7) is 0.867. The molecule has 0 amide bonds. The fourth-order valence-corrected chi connectivity index (χ4v) is 4.07. The van der Waals surface area contributed by atoms with Gasteiger partial charge < -0.3 is 4.57 Å². The summed E-state index contributed by atoms with van der Waals surface area (Å²) in [6.07, 6.45) is 3.71. The van der Waals surface area contributed by atoms with Gasteiger partial charge in [-0.1, -0.05) is 12.1 Å². The lowest BCUT2D eigenvalue weighted by atomic mass is 9.99. The van der Waals surface area contributed by atoms with Crippen LogP contribution in [0.15, 0.2) is 41.8 Å². The minimum atomic E-state index is -3.54. The largest absolute Gasteiger partial charge is 0.339 e. The third-order valence-corrected chi connectivity index (χ3v) is 5.53. The maximum Gasteiger partial charge on any atom is 0.262 e. The molecule has 1 aromatic heterocycles. The van der Waals surface area contributed by atoms with Gasteiger partial charge in [0.15, 0.2) is 5.03 Å². The number of hydrogen-bond donors (Lipinski definition) is 0. The first kappa shape index (κ1) is 14.2. The van der Waals surface area contributed by atoms with E-state index < -0.39 is 10.0 Å². The fourth-order valence-electron chi connectivity index (χ4n) is 2.61. The van der Waals surface area contributed by atoms with Crippen LogP contribution in [0.2, 0.25) is 0 Å². The molecule has 1 aliphatic rings. The molecule has 0 bridgehead atoms. The highest BCUT2D eigenvalue weighted by Gasteiger charge is 2.34. The number of benzene rings is 1. The first-order chi connectivity index (χ1) is 9.96. The molecule has 21 heavy (non-hydrogen) atoms. The minimum absolute atomic E-state index is 0.0738. The molecule has 1 aromatic carbocycles. The standard InChI is InChI=1S/C14H16FN3O2S/c1-17-9-14(16-10-17)21(19,20)18-7-6-12(8-18)11-2-4-13(15)5-3-11/h2-5,9-10,12H,6-8H2,1H3. The Labute approximate surface area is 123 Å². The van der Waals surface area contributed by atoms with Crippen LogP contribution in [-0.4, -0.2) is 35.4 Å². The van der Waals surface area contributed by atoms with E-state index in [-0.39, 0.29) is 16.8 Å². The van der Waals surface area contributed by atoms with Crippen molar-refractivity contribution in [1.82, 2.24) is 13.9 Å². The van der Waals surface area contributed by atoms with Crippen LogP contribution in [0, 0.1) is 5.82 Å². The summed E-state index contributed by atoms with van der Waals surface area (Å²) in [5, 5.41) is 0.0738. The van der Waals surface area contributed by atoms with Gasteiger partial charge in [-0.05, 0) is 30.0 Å². The van der Waals surface area contributed by atoms with Gasteiger partial charge in [0.05, 0.1) is 6.33 Å². The normalized spacial score (nSPS) is 20.0. The van der Waals surface area contributed by atoms with E-state index in [2.05, 4.69) is 4.98 Å². The van der Waals surface area contributed by atoms with Crippen LogP contribution in [0.5, 0.6) is 0 Å². The highest BCUT2D eigenvalue weighted by atomic mass is 32.2. The van der Waals surface area contributed by atoms with Gasteiger partial charge in [0.1, 0.15) is 5.82 Å². The number of nitrogens with zero attached hydrogens (tertiary/aromatic N) is 3. The number of halogens is 1. The smallest absolute Gasteiger partial charge is 0.262 e. The lowest BCUT2D eigenvalue weighted by Gasteiger charge is -2.15. The topological polar surface area (TPSA) is 55.2 Å². The molecule has 1 aliphatic heterocycles. The molecule has 2 heterocycles. The summed E-state index contributed by atoms with van der Waals surface area (Å²) < 4.78 is 40.9. The summed E-state index contributed by atoms with van der Waals surface area (Å²) in [5.74, 6) is -0.182. The van der Waals surface area contributed by atoms with Gasteiger partial charge in [0.25, 0.3) is 10.0 Å². The summed E-state index contributed by atoms with van der Waals surface area (Å²) >= 11 is 0. The highest BCUT2D eigenvalue weighted by molar-refractivity contribution is 7.89. The molecule has 3 rings (SSSR count). The van der Waals surface area contributed by atoms with Crippen molar-refractivity contribution in [1.29, 1.82) is 0 Å². The first-order valence-corrected chi connectivity index (χ1v) is 8.14. The van der Waals surface area contributed by atoms with Crippen molar-refractivity contribution in [2.45, 2.75) is 17.4 Å². The molecule has 1 atom stereocenters. The zero-order valence-electron chi connectivity index (χ0n) is 11.6. The van der Waals surface area contributed by atoms with Crippen molar-refractivity contribution < 1.29 is 12.8 Å². The van der Waals surface area contributed by atoms with E-state index in [4.69, 9.17) is 0 Å². The van der Waals surface area contributed by atoms with Gasteiger partial charge in [-0.2, -0.15) is 4.31 Å². The van der Waals surface area contributed by atoms with Crippen LogP contribution in [-0.2, 0) is 17.1 Å². The van der Waals surface area contributed by atoms with Gasteiger partial charge in [0, 0.05) is 26.3 Å².